The Bertz CT molecular complexity index is 1250. The quantitative estimate of drug-likeness (QED) is 0.430. The fourth-order valence-electron chi connectivity index (χ4n) is 4.36. The number of aromatic nitrogens is 1. The third-order valence-electron chi connectivity index (χ3n) is 5.93. The average Bonchev–Trinajstić information content (AvgIpc) is 3.38. The lowest BCUT2D eigenvalue weighted by atomic mass is 9.91. The van der Waals surface area contributed by atoms with Crippen LogP contribution < -0.4 is 5.32 Å². The van der Waals surface area contributed by atoms with Gasteiger partial charge in [0.2, 0.25) is 0 Å². The highest BCUT2D eigenvalue weighted by molar-refractivity contribution is 7.11. The number of nitrogens with zero attached hydrogens (tertiary/aromatic N) is 3. The van der Waals surface area contributed by atoms with E-state index in [2.05, 4.69) is 16.2 Å². The van der Waals surface area contributed by atoms with Crippen LogP contribution in [0.4, 0.5) is 4.39 Å². The Balaban J connectivity index is 1.87. The highest BCUT2D eigenvalue weighted by Gasteiger charge is 2.39. The predicted octanol–water partition coefficient (Wildman–Crippen LogP) is 2.35. The lowest BCUT2D eigenvalue weighted by Crippen LogP contribution is -2.56. The van der Waals surface area contributed by atoms with Gasteiger partial charge in [0.25, 0.3) is 0 Å². The summed E-state index contributed by atoms with van der Waals surface area (Å²) in [6.07, 6.45) is 6.74. The number of thiazole rings is 1. The molecule has 0 radical (unpaired) electrons. The van der Waals surface area contributed by atoms with Gasteiger partial charge < -0.3 is 19.9 Å². The van der Waals surface area contributed by atoms with Gasteiger partial charge in [0.15, 0.2) is 10.8 Å². The Morgan fingerprint density at radius 1 is 1.44 bits per heavy atom. The fourth-order valence-corrected chi connectivity index (χ4v) is 4.94. The van der Waals surface area contributed by atoms with E-state index in [1.54, 1.807) is 30.3 Å². The number of carboxylic acids is 1. The number of amidine groups is 1. The summed E-state index contributed by atoms with van der Waals surface area (Å²) in [5.41, 5.74) is 1.27. The summed E-state index contributed by atoms with van der Waals surface area (Å²) in [7, 11) is 0. The maximum atomic E-state index is 14.0. The third-order valence-corrected chi connectivity index (χ3v) is 6.71. The largest absolute Gasteiger partial charge is 0.480 e. The molecule has 1 aromatic heterocycles. The van der Waals surface area contributed by atoms with Crippen molar-refractivity contribution in [3.05, 3.63) is 63.0 Å². The summed E-state index contributed by atoms with van der Waals surface area (Å²) >= 11 is 1.34. The zero-order valence-electron chi connectivity index (χ0n) is 19.7. The molecule has 11 heteroatoms. The molecule has 9 nitrogen and oxygen atoms in total. The van der Waals surface area contributed by atoms with Crippen LogP contribution in [0, 0.1) is 18.2 Å². The van der Waals surface area contributed by atoms with E-state index in [0.29, 0.717) is 35.3 Å². The average molecular weight is 513 g/mol. The van der Waals surface area contributed by atoms with Crippen LogP contribution in [0.2, 0.25) is 0 Å². The minimum atomic E-state index is -1.03. The second kappa shape index (κ2) is 11.0. The number of carbonyl (C=O) groups is 2. The van der Waals surface area contributed by atoms with Gasteiger partial charge in [-0.15, -0.1) is 17.8 Å². The minimum Gasteiger partial charge on any atom is -0.480 e. The molecule has 1 saturated heterocycles. The number of esters is 1. The molecule has 1 fully saturated rings. The van der Waals surface area contributed by atoms with E-state index >= 15 is 0 Å². The normalized spacial score (nSPS) is 22.4. The van der Waals surface area contributed by atoms with E-state index in [-0.39, 0.29) is 24.3 Å². The molecule has 2 aliphatic rings. The number of carbonyl (C=O) groups excluding carboxylic acids is 1. The first-order valence-corrected chi connectivity index (χ1v) is 12.2. The van der Waals surface area contributed by atoms with Crippen LogP contribution in [-0.4, -0.2) is 71.2 Å². The van der Waals surface area contributed by atoms with Crippen LogP contribution in [-0.2, 0) is 19.1 Å². The highest BCUT2D eigenvalue weighted by atomic mass is 32.1. The SMILES string of the molecule is C#Cc1cc(F)ccc1C1N=C(c2nccs2)NC(CN2CCO[C@H](C)[C@H]2C(=O)O)=C1C(=O)OCC. The second-order valence-electron chi connectivity index (χ2n) is 8.16. The molecule has 0 aliphatic carbocycles. The summed E-state index contributed by atoms with van der Waals surface area (Å²) in [4.78, 5) is 36.1. The molecule has 1 unspecified atom stereocenters. The standard InChI is InChI=1S/C25H25FN4O5S/c1-4-15-12-16(26)6-7-17(15)20-19(25(33)34-5-2)18(28-22(29-20)23-27-8-11-36-23)13-30-9-10-35-14(3)21(30)24(31)32/h1,6-8,11-12,14,20-21H,5,9-10,13H2,2-3H3,(H,28,29)(H,31,32)/t14-,20?,21+/m1/s1. The smallest absolute Gasteiger partial charge is 0.338 e. The van der Waals surface area contributed by atoms with Crippen molar-refractivity contribution in [3.8, 4) is 12.3 Å². The number of hydrogen-bond acceptors (Lipinski definition) is 9. The monoisotopic (exact) mass is 512 g/mol. The summed E-state index contributed by atoms with van der Waals surface area (Å²) in [6.45, 7) is 4.24. The van der Waals surface area contributed by atoms with Crippen LogP contribution in [0.3, 0.4) is 0 Å². The molecule has 2 N–H and O–H groups in total. The van der Waals surface area contributed by atoms with Crippen LogP contribution in [0.25, 0.3) is 0 Å². The summed E-state index contributed by atoms with van der Waals surface area (Å²) in [5, 5.41) is 15.4. The molecular formula is C25H25FN4O5S. The topological polar surface area (TPSA) is 113 Å². The van der Waals surface area contributed by atoms with Crippen molar-refractivity contribution in [3.63, 3.8) is 0 Å². The van der Waals surface area contributed by atoms with Crippen molar-refractivity contribution in [2.75, 3.05) is 26.3 Å². The van der Waals surface area contributed by atoms with Gasteiger partial charge in [-0.05, 0) is 31.5 Å². The number of nitrogens with one attached hydrogen (secondary N) is 1. The van der Waals surface area contributed by atoms with Crippen molar-refractivity contribution < 1.29 is 28.6 Å². The van der Waals surface area contributed by atoms with Gasteiger partial charge in [0.05, 0.1) is 24.9 Å². The molecule has 0 saturated carbocycles. The van der Waals surface area contributed by atoms with Crippen molar-refractivity contribution in [2.45, 2.75) is 32.0 Å². The summed E-state index contributed by atoms with van der Waals surface area (Å²) in [6, 6.07) is 2.11. The van der Waals surface area contributed by atoms with Gasteiger partial charge in [-0.25, -0.2) is 14.2 Å². The van der Waals surface area contributed by atoms with E-state index in [1.165, 1.54) is 29.5 Å². The predicted molar refractivity (Wildman–Crippen MR) is 131 cm³/mol. The number of aliphatic imine (C=N–C) groups is 1. The molecule has 2 aliphatic heterocycles. The van der Waals surface area contributed by atoms with Crippen molar-refractivity contribution >= 4 is 29.1 Å². The number of halogens is 1. The van der Waals surface area contributed by atoms with Gasteiger partial charge in [0.1, 0.15) is 17.9 Å². The zero-order valence-corrected chi connectivity index (χ0v) is 20.5. The van der Waals surface area contributed by atoms with Crippen molar-refractivity contribution in [2.24, 2.45) is 4.99 Å². The second-order valence-corrected chi connectivity index (χ2v) is 9.06. The number of hydrogen-bond donors (Lipinski definition) is 2. The zero-order chi connectivity index (χ0) is 25.8. The lowest BCUT2D eigenvalue weighted by molar-refractivity contribution is -0.155. The third kappa shape index (κ3) is 5.16. The maximum absolute atomic E-state index is 14.0. The molecule has 0 amide bonds. The number of morpholine rings is 1. The molecule has 1 aromatic carbocycles. The molecule has 3 heterocycles. The van der Waals surface area contributed by atoms with Gasteiger partial charge in [-0.3, -0.25) is 14.7 Å². The lowest BCUT2D eigenvalue weighted by Gasteiger charge is -2.38. The molecule has 36 heavy (non-hydrogen) atoms. The number of aliphatic carboxylic acids is 1. The summed E-state index contributed by atoms with van der Waals surface area (Å²) in [5.74, 6) is 0.684. The number of benzene rings is 1. The Morgan fingerprint density at radius 2 is 2.25 bits per heavy atom. The number of rotatable bonds is 7. The van der Waals surface area contributed by atoms with Gasteiger partial charge in [-0.2, -0.15) is 0 Å². The van der Waals surface area contributed by atoms with Crippen LogP contribution >= 0.6 is 11.3 Å². The van der Waals surface area contributed by atoms with E-state index in [9.17, 15) is 19.1 Å². The van der Waals surface area contributed by atoms with Crippen LogP contribution in [0.1, 0.15) is 36.0 Å². The molecule has 2 aromatic rings. The first-order chi connectivity index (χ1) is 17.3. The Kier molecular flexibility index (Phi) is 7.79. The summed E-state index contributed by atoms with van der Waals surface area (Å²) < 4.78 is 24.9. The van der Waals surface area contributed by atoms with E-state index in [4.69, 9.17) is 20.9 Å². The van der Waals surface area contributed by atoms with Crippen molar-refractivity contribution in [1.82, 2.24) is 15.2 Å². The molecule has 188 valence electrons. The minimum absolute atomic E-state index is 0.0757. The van der Waals surface area contributed by atoms with Crippen LogP contribution in [0.15, 0.2) is 46.0 Å². The molecule has 0 spiro atoms. The Labute approximate surface area is 211 Å². The van der Waals surface area contributed by atoms with Crippen LogP contribution in [0.5, 0.6) is 0 Å². The number of ether oxygens (including phenoxy) is 2. The molecular weight excluding hydrogens is 487 g/mol. The Morgan fingerprint density at radius 3 is 2.92 bits per heavy atom. The fraction of sp³-hybridized carbons (Fsp3) is 0.360. The Hall–Kier alpha value is -3.59. The first-order valence-electron chi connectivity index (χ1n) is 11.3. The molecule has 3 atom stereocenters. The number of carboxylic acid groups (broad SMARTS) is 1. The first kappa shape index (κ1) is 25.5. The molecule has 4 rings (SSSR count). The van der Waals surface area contributed by atoms with Gasteiger partial charge in [0, 0.05) is 35.9 Å². The maximum Gasteiger partial charge on any atom is 0.338 e. The van der Waals surface area contributed by atoms with Crippen molar-refractivity contribution in [1.29, 1.82) is 0 Å². The molecule has 0 bridgehead atoms. The highest BCUT2D eigenvalue weighted by Crippen LogP contribution is 2.35. The van der Waals surface area contributed by atoms with E-state index < -0.39 is 35.9 Å². The van der Waals surface area contributed by atoms with E-state index in [1.807, 2.05) is 0 Å². The van der Waals surface area contributed by atoms with Gasteiger partial charge >= 0.3 is 11.9 Å². The van der Waals surface area contributed by atoms with E-state index in [0.717, 1.165) is 0 Å². The van der Waals surface area contributed by atoms with Gasteiger partial charge in [-0.1, -0.05) is 12.0 Å². The number of terminal acetylenes is 1.